The molecule has 2 aromatic rings. The van der Waals surface area contributed by atoms with Crippen LogP contribution in [0, 0.1) is 0 Å². The van der Waals surface area contributed by atoms with Crippen molar-refractivity contribution in [2.45, 2.75) is 32.9 Å². The van der Waals surface area contributed by atoms with Crippen LogP contribution < -0.4 is 14.8 Å². The number of furan rings is 1. The maximum Gasteiger partial charge on any atom is 0.165 e. The fourth-order valence-electron chi connectivity index (χ4n) is 2.08. The average Bonchev–Trinajstić information content (AvgIpc) is 3.02. The van der Waals surface area contributed by atoms with Crippen molar-refractivity contribution < 1.29 is 13.9 Å². The maximum absolute atomic E-state index is 5.90. The molecule has 114 valence electrons. The molecule has 0 saturated carbocycles. The maximum atomic E-state index is 5.90. The third kappa shape index (κ3) is 4.53. The fourth-order valence-corrected chi connectivity index (χ4v) is 2.08. The largest absolute Gasteiger partial charge is 0.493 e. The average molecular weight is 289 g/mol. The normalized spacial score (nSPS) is 10.6. The number of hydrogen-bond donors (Lipinski definition) is 1. The smallest absolute Gasteiger partial charge is 0.165 e. The molecule has 0 bridgehead atoms. The molecular formula is C17H23NO3. The van der Waals surface area contributed by atoms with E-state index < -0.39 is 0 Å². The first-order chi connectivity index (χ1) is 10.3. The summed E-state index contributed by atoms with van der Waals surface area (Å²) >= 11 is 0. The van der Waals surface area contributed by atoms with Crippen molar-refractivity contribution >= 4 is 0 Å². The van der Waals surface area contributed by atoms with Gasteiger partial charge in [-0.2, -0.15) is 0 Å². The van der Waals surface area contributed by atoms with E-state index in [0.717, 1.165) is 35.7 Å². The molecule has 1 N–H and O–H groups in total. The van der Waals surface area contributed by atoms with Crippen molar-refractivity contribution in [1.29, 1.82) is 0 Å². The summed E-state index contributed by atoms with van der Waals surface area (Å²) in [6.07, 6.45) is 3.83. The SMILES string of the molecule is CCCCOc1c(CNCc2ccco2)cccc1OC. The van der Waals surface area contributed by atoms with Crippen molar-refractivity contribution in [2.75, 3.05) is 13.7 Å². The summed E-state index contributed by atoms with van der Waals surface area (Å²) in [6, 6.07) is 9.81. The first-order valence-electron chi connectivity index (χ1n) is 7.37. The third-order valence-electron chi connectivity index (χ3n) is 3.22. The Bertz CT molecular complexity index is 523. The molecule has 4 heteroatoms. The predicted octanol–water partition coefficient (Wildman–Crippen LogP) is 3.76. The minimum Gasteiger partial charge on any atom is -0.493 e. The summed E-state index contributed by atoms with van der Waals surface area (Å²) in [7, 11) is 1.67. The first-order valence-corrected chi connectivity index (χ1v) is 7.37. The fraction of sp³-hybridized carbons (Fsp3) is 0.412. The molecule has 2 rings (SSSR count). The molecule has 0 amide bonds. The zero-order valence-corrected chi connectivity index (χ0v) is 12.7. The summed E-state index contributed by atoms with van der Waals surface area (Å²) in [5, 5.41) is 3.36. The lowest BCUT2D eigenvalue weighted by Gasteiger charge is -2.15. The molecule has 0 aliphatic rings. The van der Waals surface area contributed by atoms with E-state index in [4.69, 9.17) is 13.9 Å². The number of unbranched alkanes of at least 4 members (excludes halogenated alkanes) is 1. The van der Waals surface area contributed by atoms with E-state index in [2.05, 4.69) is 18.3 Å². The molecule has 0 aliphatic carbocycles. The molecule has 0 fully saturated rings. The van der Waals surface area contributed by atoms with Crippen LogP contribution in [0.2, 0.25) is 0 Å². The zero-order chi connectivity index (χ0) is 14.9. The molecular weight excluding hydrogens is 266 g/mol. The van der Waals surface area contributed by atoms with Crippen LogP contribution in [0.4, 0.5) is 0 Å². The topological polar surface area (TPSA) is 43.6 Å². The van der Waals surface area contributed by atoms with Gasteiger partial charge in [-0.25, -0.2) is 0 Å². The van der Waals surface area contributed by atoms with Crippen molar-refractivity contribution in [3.05, 3.63) is 47.9 Å². The Kier molecular flexibility index (Phi) is 6.16. The van der Waals surface area contributed by atoms with Crippen LogP contribution in [-0.4, -0.2) is 13.7 Å². The van der Waals surface area contributed by atoms with Crippen molar-refractivity contribution in [2.24, 2.45) is 0 Å². The van der Waals surface area contributed by atoms with Crippen molar-refractivity contribution in [3.63, 3.8) is 0 Å². The molecule has 1 heterocycles. The lowest BCUT2D eigenvalue weighted by Crippen LogP contribution is -2.13. The van der Waals surface area contributed by atoms with Gasteiger partial charge in [0.15, 0.2) is 11.5 Å². The molecule has 0 spiro atoms. The summed E-state index contributed by atoms with van der Waals surface area (Å²) in [5.74, 6) is 2.54. The molecule has 0 atom stereocenters. The number of hydrogen-bond acceptors (Lipinski definition) is 4. The number of para-hydroxylation sites is 1. The molecule has 0 radical (unpaired) electrons. The van der Waals surface area contributed by atoms with E-state index in [0.29, 0.717) is 19.7 Å². The number of methoxy groups -OCH3 is 1. The number of ether oxygens (including phenoxy) is 2. The van der Waals surface area contributed by atoms with Gasteiger partial charge in [0.05, 0.1) is 26.5 Å². The standard InChI is InChI=1S/C17H23NO3/c1-3-4-10-21-17-14(7-5-9-16(17)19-2)12-18-13-15-8-6-11-20-15/h5-9,11,18H,3-4,10,12-13H2,1-2H3. The van der Waals surface area contributed by atoms with Gasteiger partial charge in [0.25, 0.3) is 0 Å². The van der Waals surface area contributed by atoms with Crippen LogP contribution >= 0.6 is 0 Å². The van der Waals surface area contributed by atoms with Gasteiger partial charge in [0, 0.05) is 12.1 Å². The summed E-state index contributed by atoms with van der Waals surface area (Å²) in [6.45, 7) is 4.26. The highest BCUT2D eigenvalue weighted by Crippen LogP contribution is 2.31. The number of nitrogens with one attached hydrogen (secondary N) is 1. The lowest BCUT2D eigenvalue weighted by atomic mass is 10.2. The third-order valence-corrected chi connectivity index (χ3v) is 3.22. The van der Waals surface area contributed by atoms with E-state index in [-0.39, 0.29) is 0 Å². The highest BCUT2D eigenvalue weighted by molar-refractivity contribution is 5.46. The van der Waals surface area contributed by atoms with E-state index in [1.165, 1.54) is 0 Å². The van der Waals surface area contributed by atoms with Gasteiger partial charge >= 0.3 is 0 Å². The van der Waals surface area contributed by atoms with Crippen LogP contribution in [0.3, 0.4) is 0 Å². The Balaban J connectivity index is 1.99. The molecule has 1 aromatic carbocycles. The second-order valence-corrected chi connectivity index (χ2v) is 4.83. The van der Waals surface area contributed by atoms with Gasteiger partial charge < -0.3 is 19.2 Å². The Morgan fingerprint density at radius 3 is 2.76 bits per heavy atom. The van der Waals surface area contributed by atoms with E-state index >= 15 is 0 Å². The van der Waals surface area contributed by atoms with Gasteiger partial charge in [-0.3, -0.25) is 0 Å². The monoisotopic (exact) mass is 289 g/mol. The van der Waals surface area contributed by atoms with Gasteiger partial charge in [0.1, 0.15) is 5.76 Å². The Morgan fingerprint density at radius 1 is 1.14 bits per heavy atom. The molecule has 21 heavy (non-hydrogen) atoms. The molecule has 0 aliphatic heterocycles. The molecule has 0 unspecified atom stereocenters. The summed E-state index contributed by atoms with van der Waals surface area (Å²) in [4.78, 5) is 0. The zero-order valence-electron chi connectivity index (χ0n) is 12.7. The van der Waals surface area contributed by atoms with E-state index in [9.17, 15) is 0 Å². The molecule has 1 aromatic heterocycles. The Labute approximate surface area is 126 Å². The predicted molar refractivity (Wildman–Crippen MR) is 82.6 cm³/mol. The minimum atomic E-state index is 0.693. The van der Waals surface area contributed by atoms with Gasteiger partial charge in [0.2, 0.25) is 0 Å². The van der Waals surface area contributed by atoms with Crippen LogP contribution in [-0.2, 0) is 13.1 Å². The number of rotatable bonds is 9. The molecule has 0 saturated heterocycles. The van der Waals surface area contributed by atoms with Crippen LogP contribution in [0.25, 0.3) is 0 Å². The van der Waals surface area contributed by atoms with Crippen LogP contribution in [0.5, 0.6) is 11.5 Å². The van der Waals surface area contributed by atoms with Gasteiger partial charge in [-0.1, -0.05) is 25.5 Å². The Morgan fingerprint density at radius 2 is 2.05 bits per heavy atom. The van der Waals surface area contributed by atoms with Crippen molar-refractivity contribution in [1.82, 2.24) is 5.32 Å². The van der Waals surface area contributed by atoms with Crippen molar-refractivity contribution in [3.8, 4) is 11.5 Å². The second-order valence-electron chi connectivity index (χ2n) is 4.83. The lowest BCUT2D eigenvalue weighted by molar-refractivity contribution is 0.284. The Hall–Kier alpha value is -1.94. The highest BCUT2D eigenvalue weighted by Gasteiger charge is 2.10. The summed E-state index contributed by atoms with van der Waals surface area (Å²) in [5.41, 5.74) is 1.09. The van der Waals surface area contributed by atoms with Crippen LogP contribution in [0.15, 0.2) is 41.0 Å². The second kappa shape index (κ2) is 8.37. The van der Waals surface area contributed by atoms with Gasteiger partial charge in [-0.05, 0) is 24.6 Å². The first kappa shape index (κ1) is 15.4. The van der Waals surface area contributed by atoms with Crippen LogP contribution in [0.1, 0.15) is 31.1 Å². The quantitative estimate of drug-likeness (QED) is 0.714. The summed E-state index contributed by atoms with van der Waals surface area (Å²) < 4.78 is 16.6. The van der Waals surface area contributed by atoms with E-state index in [1.807, 2.05) is 24.3 Å². The molecule has 4 nitrogen and oxygen atoms in total. The number of benzene rings is 1. The highest BCUT2D eigenvalue weighted by atomic mass is 16.5. The van der Waals surface area contributed by atoms with Gasteiger partial charge in [-0.15, -0.1) is 0 Å². The minimum absolute atomic E-state index is 0.693. The van der Waals surface area contributed by atoms with E-state index in [1.54, 1.807) is 13.4 Å².